The number of methoxy groups -OCH3 is 1. The van der Waals surface area contributed by atoms with E-state index in [2.05, 4.69) is 10.0 Å². The third kappa shape index (κ3) is 5.04. The molecule has 0 bridgehead atoms. The molecule has 2 N–H and O–H groups in total. The van der Waals surface area contributed by atoms with E-state index in [4.69, 9.17) is 4.74 Å². The number of amides is 1. The fourth-order valence-electron chi connectivity index (χ4n) is 2.23. The Morgan fingerprint density at radius 2 is 1.76 bits per heavy atom. The van der Waals surface area contributed by atoms with Gasteiger partial charge in [0.1, 0.15) is 5.75 Å². The molecule has 2 rings (SSSR count). The number of carbonyl (C=O) groups is 1. The van der Waals surface area contributed by atoms with Crippen LogP contribution in [0.25, 0.3) is 0 Å². The van der Waals surface area contributed by atoms with Crippen molar-refractivity contribution in [3.63, 3.8) is 0 Å². The normalized spacial score (nSPS) is 11.1. The van der Waals surface area contributed by atoms with E-state index in [1.165, 1.54) is 31.4 Å². The monoisotopic (exact) mass is 362 g/mol. The van der Waals surface area contributed by atoms with Crippen LogP contribution in [-0.4, -0.2) is 28.0 Å². The van der Waals surface area contributed by atoms with Gasteiger partial charge in [-0.3, -0.25) is 4.79 Å². The van der Waals surface area contributed by atoms with E-state index in [-0.39, 0.29) is 17.3 Å². The largest absolute Gasteiger partial charge is 0.496 e. The first-order chi connectivity index (χ1) is 12.0. The lowest BCUT2D eigenvalue weighted by Crippen LogP contribution is -2.25. The van der Waals surface area contributed by atoms with Crippen LogP contribution in [0.5, 0.6) is 5.75 Å². The number of sulfonamides is 1. The van der Waals surface area contributed by atoms with Crippen LogP contribution in [0, 0.1) is 0 Å². The van der Waals surface area contributed by atoms with Crippen LogP contribution in [-0.2, 0) is 16.6 Å². The fraction of sp³-hybridized carbons (Fsp3) is 0.278. The molecule has 0 heterocycles. The average molecular weight is 362 g/mol. The highest BCUT2D eigenvalue weighted by molar-refractivity contribution is 7.89. The molecule has 1 amide bonds. The molecule has 0 unspecified atom stereocenters. The molecule has 25 heavy (non-hydrogen) atoms. The molecule has 0 aliphatic heterocycles. The van der Waals surface area contributed by atoms with Gasteiger partial charge in [0.2, 0.25) is 10.0 Å². The zero-order chi connectivity index (χ0) is 18.3. The van der Waals surface area contributed by atoms with Crippen molar-refractivity contribution in [3.05, 3.63) is 59.7 Å². The second kappa shape index (κ2) is 8.64. The minimum atomic E-state index is -3.68. The maximum absolute atomic E-state index is 12.4. The van der Waals surface area contributed by atoms with Gasteiger partial charge >= 0.3 is 0 Å². The van der Waals surface area contributed by atoms with Gasteiger partial charge in [0.05, 0.1) is 12.0 Å². The summed E-state index contributed by atoms with van der Waals surface area (Å²) in [5.74, 6) is 0.404. The predicted octanol–water partition coefficient (Wildman–Crippen LogP) is 2.31. The smallest absolute Gasteiger partial charge is 0.251 e. The highest BCUT2D eigenvalue weighted by Gasteiger charge is 2.15. The Balaban J connectivity index is 2.08. The first-order valence-corrected chi connectivity index (χ1v) is 9.46. The number of benzene rings is 2. The lowest BCUT2D eigenvalue weighted by Gasteiger charge is -2.10. The lowest BCUT2D eigenvalue weighted by molar-refractivity contribution is 0.0953. The Hall–Kier alpha value is -2.38. The molecule has 0 saturated carbocycles. The molecule has 0 aromatic heterocycles. The molecule has 134 valence electrons. The molecule has 0 aliphatic carbocycles. The Kier molecular flexibility index (Phi) is 6.55. The summed E-state index contributed by atoms with van der Waals surface area (Å²) < 4.78 is 32.6. The van der Waals surface area contributed by atoms with Crippen molar-refractivity contribution in [2.45, 2.75) is 24.8 Å². The fourth-order valence-corrected chi connectivity index (χ4v) is 3.24. The van der Waals surface area contributed by atoms with Crippen LogP contribution in [0.4, 0.5) is 0 Å². The van der Waals surface area contributed by atoms with Crippen molar-refractivity contribution in [1.29, 1.82) is 0 Å². The standard InChI is InChI=1S/C18H22N2O4S/c1-3-12-19-18(21)14-8-10-16(11-9-14)25(22,23)20-13-15-6-4-5-7-17(15)24-2/h4-11,20H,3,12-13H2,1-2H3,(H,19,21). The summed E-state index contributed by atoms with van der Waals surface area (Å²) >= 11 is 0. The highest BCUT2D eigenvalue weighted by Crippen LogP contribution is 2.18. The minimum Gasteiger partial charge on any atom is -0.496 e. The number of hydrogen-bond donors (Lipinski definition) is 2. The Morgan fingerprint density at radius 1 is 1.08 bits per heavy atom. The molecular weight excluding hydrogens is 340 g/mol. The Bertz CT molecular complexity index is 817. The van der Waals surface area contributed by atoms with E-state index < -0.39 is 10.0 Å². The van der Waals surface area contributed by atoms with Crippen molar-refractivity contribution in [2.24, 2.45) is 0 Å². The summed E-state index contributed by atoms with van der Waals surface area (Å²) in [4.78, 5) is 12.0. The minimum absolute atomic E-state index is 0.106. The summed E-state index contributed by atoms with van der Waals surface area (Å²) in [7, 11) is -2.14. The lowest BCUT2D eigenvalue weighted by atomic mass is 10.2. The summed E-state index contributed by atoms with van der Waals surface area (Å²) in [5.41, 5.74) is 1.17. The maximum Gasteiger partial charge on any atom is 0.251 e. The quantitative estimate of drug-likeness (QED) is 0.755. The van der Waals surface area contributed by atoms with Crippen molar-refractivity contribution in [1.82, 2.24) is 10.0 Å². The van der Waals surface area contributed by atoms with Crippen molar-refractivity contribution in [3.8, 4) is 5.75 Å². The van der Waals surface area contributed by atoms with Gasteiger partial charge in [-0.2, -0.15) is 0 Å². The van der Waals surface area contributed by atoms with E-state index >= 15 is 0 Å². The van der Waals surface area contributed by atoms with Gasteiger partial charge in [0, 0.05) is 24.2 Å². The van der Waals surface area contributed by atoms with Crippen LogP contribution >= 0.6 is 0 Å². The van der Waals surface area contributed by atoms with Gasteiger partial charge in [0.25, 0.3) is 5.91 Å². The maximum atomic E-state index is 12.4. The van der Waals surface area contributed by atoms with E-state index in [1.807, 2.05) is 19.1 Å². The summed E-state index contributed by atoms with van der Waals surface area (Å²) in [5, 5.41) is 2.75. The number of rotatable bonds is 8. The number of carbonyl (C=O) groups excluding carboxylic acids is 1. The summed E-state index contributed by atoms with van der Waals surface area (Å²) in [6.07, 6.45) is 0.838. The first kappa shape index (κ1) is 19.0. The second-order valence-corrected chi connectivity index (χ2v) is 7.18. The van der Waals surface area contributed by atoms with Gasteiger partial charge < -0.3 is 10.1 Å². The van der Waals surface area contributed by atoms with E-state index in [0.29, 0.717) is 17.9 Å². The van der Waals surface area contributed by atoms with Crippen LogP contribution in [0.1, 0.15) is 29.3 Å². The predicted molar refractivity (Wildman–Crippen MR) is 96.1 cm³/mol. The van der Waals surface area contributed by atoms with E-state index in [9.17, 15) is 13.2 Å². The van der Waals surface area contributed by atoms with Gasteiger partial charge in [-0.1, -0.05) is 25.1 Å². The molecular formula is C18H22N2O4S. The molecule has 0 atom stereocenters. The van der Waals surface area contributed by atoms with E-state index in [1.54, 1.807) is 12.1 Å². The number of ether oxygens (including phenoxy) is 1. The second-order valence-electron chi connectivity index (χ2n) is 5.42. The molecule has 0 fully saturated rings. The van der Waals surface area contributed by atoms with Crippen LogP contribution in [0.3, 0.4) is 0 Å². The van der Waals surface area contributed by atoms with Crippen molar-refractivity contribution < 1.29 is 17.9 Å². The number of para-hydroxylation sites is 1. The Morgan fingerprint density at radius 3 is 2.40 bits per heavy atom. The molecule has 0 radical (unpaired) electrons. The summed E-state index contributed by atoms with van der Waals surface area (Å²) in [6.45, 7) is 2.66. The number of hydrogen-bond acceptors (Lipinski definition) is 4. The molecule has 2 aromatic carbocycles. The third-order valence-electron chi connectivity index (χ3n) is 3.61. The summed E-state index contributed by atoms with van der Waals surface area (Å²) in [6, 6.07) is 13.0. The van der Waals surface area contributed by atoms with Crippen LogP contribution < -0.4 is 14.8 Å². The molecule has 6 nitrogen and oxygen atoms in total. The van der Waals surface area contributed by atoms with Crippen LogP contribution in [0.2, 0.25) is 0 Å². The van der Waals surface area contributed by atoms with Gasteiger partial charge in [-0.15, -0.1) is 0 Å². The molecule has 7 heteroatoms. The molecule has 0 spiro atoms. The van der Waals surface area contributed by atoms with Crippen molar-refractivity contribution >= 4 is 15.9 Å². The third-order valence-corrected chi connectivity index (χ3v) is 5.02. The van der Waals surface area contributed by atoms with Gasteiger partial charge in [-0.05, 0) is 36.8 Å². The van der Waals surface area contributed by atoms with Crippen molar-refractivity contribution in [2.75, 3.05) is 13.7 Å². The van der Waals surface area contributed by atoms with Gasteiger partial charge in [-0.25, -0.2) is 13.1 Å². The SMILES string of the molecule is CCCNC(=O)c1ccc(S(=O)(=O)NCc2ccccc2OC)cc1. The average Bonchev–Trinajstić information content (AvgIpc) is 2.64. The first-order valence-electron chi connectivity index (χ1n) is 7.97. The molecule has 0 saturated heterocycles. The zero-order valence-corrected chi connectivity index (χ0v) is 15.1. The topological polar surface area (TPSA) is 84.5 Å². The van der Waals surface area contributed by atoms with Crippen LogP contribution in [0.15, 0.2) is 53.4 Å². The molecule has 2 aromatic rings. The Labute approximate surface area is 148 Å². The van der Waals surface area contributed by atoms with Gasteiger partial charge in [0.15, 0.2) is 0 Å². The highest BCUT2D eigenvalue weighted by atomic mass is 32.2. The number of nitrogens with one attached hydrogen (secondary N) is 2. The molecule has 0 aliphatic rings. The zero-order valence-electron chi connectivity index (χ0n) is 14.3. The van der Waals surface area contributed by atoms with E-state index in [0.717, 1.165) is 12.0 Å².